The molecule has 5 nitrogen and oxygen atoms in total. The SMILES string of the molecule is CN(CCOCCO)C(=O)CSc1ccncc1. The summed E-state index contributed by atoms with van der Waals surface area (Å²) in [6.07, 6.45) is 3.42. The number of ether oxygens (including phenoxy) is 1. The van der Waals surface area contributed by atoms with Crippen molar-refractivity contribution in [2.75, 3.05) is 39.2 Å². The first-order valence-electron chi connectivity index (χ1n) is 5.69. The molecule has 0 fully saturated rings. The van der Waals surface area contributed by atoms with Gasteiger partial charge in [0, 0.05) is 30.9 Å². The molecule has 0 aliphatic rings. The molecule has 0 bridgehead atoms. The zero-order chi connectivity index (χ0) is 13.2. The largest absolute Gasteiger partial charge is 0.394 e. The fourth-order valence-electron chi connectivity index (χ4n) is 1.18. The minimum Gasteiger partial charge on any atom is -0.394 e. The van der Waals surface area contributed by atoms with Gasteiger partial charge in [-0.15, -0.1) is 11.8 Å². The average molecular weight is 270 g/mol. The average Bonchev–Trinajstić information content (AvgIpc) is 2.42. The summed E-state index contributed by atoms with van der Waals surface area (Å²) in [5.41, 5.74) is 0. The summed E-state index contributed by atoms with van der Waals surface area (Å²) in [6, 6.07) is 3.75. The monoisotopic (exact) mass is 270 g/mol. The molecule has 0 aliphatic heterocycles. The Hall–Kier alpha value is -1.11. The molecule has 1 rings (SSSR count). The van der Waals surface area contributed by atoms with Crippen LogP contribution in [-0.4, -0.2) is 60.1 Å². The molecular formula is C12H18N2O3S. The summed E-state index contributed by atoms with van der Waals surface area (Å²) in [5.74, 6) is 0.463. The van der Waals surface area contributed by atoms with Gasteiger partial charge in [0.25, 0.3) is 0 Å². The van der Waals surface area contributed by atoms with Crippen LogP contribution in [0, 0.1) is 0 Å². The van der Waals surface area contributed by atoms with Gasteiger partial charge < -0.3 is 14.7 Å². The molecule has 1 aromatic rings. The van der Waals surface area contributed by atoms with E-state index in [-0.39, 0.29) is 12.5 Å². The molecule has 0 spiro atoms. The molecule has 1 aromatic heterocycles. The number of aliphatic hydroxyl groups is 1. The van der Waals surface area contributed by atoms with E-state index < -0.39 is 0 Å². The summed E-state index contributed by atoms with van der Waals surface area (Å²) in [6.45, 7) is 1.31. The van der Waals surface area contributed by atoms with E-state index in [2.05, 4.69) is 4.98 Å². The predicted molar refractivity (Wildman–Crippen MR) is 70.5 cm³/mol. The molecule has 18 heavy (non-hydrogen) atoms. The van der Waals surface area contributed by atoms with Crippen LogP contribution < -0.4 is 0 Å². The second kappa shape index (κ2) is 8.91. The highest BCUT2D eigenvalue weighted by atomic mass is 32.2. The van der Waals surface area contributed by atoms with E-state index >= 15 is 0 Å². The molecule has 6 heteroatoms. The van der Waals surface area contributed by atoms with Crippen molar-refractivity contribution in [1.82, 2.24) is 9.88 Å². The lowest BCUT2D eigenvalue weighted by Crippen LogP contribution is -2.31. The standard InChI is InChI=1S/C12H18N2O3S/c1-14(6-8-17-9-7-15)12(16)10-18-11-2-4-13-5-3-11/h2-5,15H,6-10H2,1H3. The number of likely N-dealkylation sites (N-methyl/N-ethyl adjacent to an activating group) is 1. The van der Waals surface area contributed by atoms with Gasteiger partial charge in [-0.2, -0.15) is 0 Å². The fourth-order valence-corrected chi connectivity index (χ4v) is 2.01. The molecule has 1 heterocycles. The molecule has 0 saturated heterocycles. The molecule has 1 N–H and O–H groups in total. The number of thioether (sulfide) groups is 1. The van der Waals surface area contributed by atoms with Crippen molar-refractivity contribution < 1.29 is 14.6 Å². The first kappa shape index (κ1) is 14.9. The zero-order valence-electron chi connectivity index (χ0n) is 10.4. The van der Waals surface area contributed by atoms with Crippen LogP contribution in [0.5, 0.6) is 0 Å². The zero-order valence-corrected chi connectivity index (χ0v) is 11.2. The highest BCUT2D eigenvalue weighted by Gasteiger charge is 2.08. The van der Waals surface area contributed by atoms with Gasteiger partial charge in [0.2, 0.25) is 5.91 Å². The molecule has 0 saturated carbocycles. The maximum Gasteiger partial charge on any atom is 0.232 e. The molecule has 1 amide bonds. The quantitative estimate of drug-likeness (QED) is 0.555. The highest BCUT2D eigenvalue weighted by Crippen LogP contribution is 2.16. The van der Waals surface area contributed by atoms with Gasteiger partial charge in [-0.05, 0) is 12.1 Å². The van der Waals surface area contributed by atoms with Crippen LogP contribution in [0.25, 0.3) is 0 Å². The van der Waals surface area contributed by atoms with E-state index in [4.69, 9.17) is 9.84 Å². The lowest BCUT2D eigenvalue weighted by Gasteiger charge is -2.16. The minimum atomic E-state index is 0.00948. The van der Waals surface area contributed by atoms with Gasteiger partial charge >= 0.3 is 0 Å². The van der Waals surface area contributed by atoms with E-state index in [9.17, 15) is 4.79 Å². The van der Waals surface area contributed by atoms with Crippen molar-refractivity contribution in [1.29, 1.82) is 0 Å². The van der Waals surface area contributed by atoms with E-state index in [0.29, 0.717) is 25.5 Å². The minimum absolute atomic E-state index is 0.00948. The Balaban J connectivity index is 2.19. The summed E-state index contributed by atoms with van der Waals surface area (Å²) in [7, 11) is 1.75. The molecule has 0 radical (unpaired) electrons. The normalized spacial score (nSPS) is 10.3. The van der Waals surface area contributed by atoms with Gasteiger partial charge in [-0.1, -0.05) is 0 Å². The summed E-state index contributed by atoms with van der Waals surface area (Å²) >= 11 is 1.49. The second-order valence-electron chi connectivity index (χ2n) is 3.62. The maximum absolute atomic E-state index is 11.8. The van der Waals surface area contributed by atoms with Crippen molar-refractivity contribution in [2.24, 2.45) is 0 Å². The number of hydrogen-bond acceptors (Lipinski definition) is 5. The van der Waals surface area contributed by atoms with Crippen molar-refractivity contribution in [3.63, 3.8) is 0 Å². The van der Waals surface area contributed by atoms with Crippen molar-refractivity contribution in [3.05, 3.63) is 24.5 Å². The predicted octanol–water partition coefficient (Wildman–Crippen LogP) is 0.641. The molecule has 0 aliphatic carbocycles. The topological polar surface area (TPSA) is 62.7 Å². The fraction of sp³-hybridized carbons (Fsp3) is 0.500. The van der Waals surface area contributed by atoms with Gasteiger partial charge in [0.1, 0.15) is 0 Å². The summed E-state index contributed by atoms with van der Waals surface area (Å²) in [4.78, 5) is 18.3. The Morgan fingerprint density at radius 1 is 1.44 bits per heavy atom. The Morgan fingerprint density at radius 2 is 2.17 bits per heavy atom. The number of aliphatic hydroxyl groups excluding tert-OH is 1. The lowest BCUT2D eigenvalue weighted by atomic mass is 10.5. The third-order valence-electron chi connectivity index (χ3n) is 2.24. The Morgan fingerprint density at radius 3 is 2.83 bits per heavy atom. The van der Waals surface area contributed by atoms with Crippen LogP contribution in [0.4, 0.5) is 0 Å². The summed E-state index contributed by atoms with van der Waals surface area (Å²) in [5, 5.41) is 8.54. The van der Waals surface area contributed by atoms with Crippen molar-refractivity contribution in [2.45, 2.75) is 4.90 Å². The number of carbonyl (C=O) groups is 1. The molecule has 0 atom stereocenters. The number of hydrogen-bond donors (Lipinski definition) is 1. The Kier molecular flexibility index (Phi) is 7.40. The third kappa shape index (κ3) is 6.00. The number of amides is 1. The maximum atomic E-state index is 11.8. The molecule has 0 aromatic carbocycles. The van der Waals surface area contributed by atoms with Crippen LogP contribution in [0.1, 0.15) is 0 Å². The van der Waals surface area contributed by atoms with Crippen LogP contribution in [0.2, 0.25) is 0 Å². The first-order chi connectivity index (χ1) is 8.74. The van der Waals surface area contributed by atoms with Crippen molar-refractivity contribution in [3.8, 4) is 0 Å². The molecule has 100 valence electrons. The number of rotatable bonds is 8. The van der Waals surface area contributed by atoms with Gasteiger partial charge in [0.15, 0.2) is 0 Å². The lowest BCUT2D eigenvalue weighted by molar-refractivity contribution is -0.127. The highest BCUT2D eigenvalue weighted by molar-refractivity contribution is 8.00. The van der Waals surface area contributed by atoms with Gasteiger partial charge in [-0.3, -0.25) is 9.78 Å². The number of aromatic nitrogens is 1. The third-order valence-corrected chi connectivity index (χ3v) is 3.24. The smallest absolute Gasteiger partial charge is 0.232 e. The van der Waals surface area contributed by atoms with Crippen molar-refractivity contribution >= 4 is 17.7 Å². The first-order valence-corrected chi connectivity index (χ1v) is 6.68. The van der Waals surface area contributed by atoms with Crippen LogP contribution in [-0.2, 0) is 9.53 Å². The van der Waals surface area contributed by atoms with E-state index in [1.54, 1.807) is 24.3 Å². The van der Waals surface area contributed by atoms with Crippen LogP contribution in [0.15, 0.2) is 29.4 Å². The van der Waals surface area contributed by atoms with Crippen LogP contribution >= 0.6 is 11.8 Å². The second-order valence-corrected chi connectivity index (χ2v) is 4.67. The molecule has 0 unspecified atom stereocenters. The number of nitrogens with zero attached hydrogens (tertiary/aromatic N) is 2. The van der Waals surface area contributed by atoms with E-state index in [1.165, 1.54) is 11.8 Å². The Labute approximate surface area is 111 Å². The Bertz CT molecular complexity index is 348. The summed E-state index contributed by atoms with van der Waals surface area (Å²) < 4.78 is 5.11. The molecular weight excluding hydrogens is 252 g/mol. The van der Waals surface area contributed by atoms with E-state index in [0.717, 1.165) is 4.90 Å². The number of pyridine rings is 1. The number of carbonyl (C=O) groups excluding carboxylic acids is 1. The van der Waals surface area contributed by atoms with Gasteiger partial charge in [0.05, 0.1) is 25.6 Å². The van der Waals surface area contributed by atoms with Crippen LogP contribution in [0.3, 0.4) is 0 Å². The van der Waals surface area contributed by atoms with Gasteiger partial charge in [-0.25, -0.2) is 0 Å². The van der Waals surface area contributed by atoms with E-state index in [1.807, 2.05) is 12.1 Å².